The molecular formula is C24H30O10. The smallest absolute Gasteiger partial charge is 0.318 e. The molecule has 0 saturated heterocycles. The van der Waals surface area contributed by atoms with Crippen molar-refractivity contribution in [3.8, 4) is 34.5 Å². The predicted molar refractivity (Wildman–Crippen MR) is 122 cm³/mol. The van der Waals surface area contributed by atoms with Gasteiger partial charge in [-0.05, 0) is 48.2 Å². The molecule has 0 unspecified atom stereocenters. The molecule has 2 aromatic carbocycles. The summed E-state index contributed by atoms with van der Waals surface area (Å²) in [6, 6.07) is 6.16. The fraction of sp³-hybridized carbons (Fsp3) is 0.417. The molecule has 0 heterocycles. The van der Waals surface area contributed by atoms with Crippen LogP contribution in [0.4, 0.5) is 0 Å². The molecule has 0 aliphatic carbocycles. The minimum Gasteiger partial charge on any atom is -0.493 e. The van der Waals surface area contributed by atoms with Gasteiger partial charge >= 0.3 is 11.9 Å². The number of hydrogen-bond donors (Lipinski definition) is 2. The Kier molecular flexibility index (Phi) is 8.83. The number of aliphatic carboxylic acids is 2. The van der Waals surface area contributed by atoms with Gasteiger partial charge in [-0.25, -0.2) is 0 Å². The van der Waals surface area contributed by atoms with Crippen molar-refractivity contribution in [2.75, 3.05) is 42.7 Å². The molecule has 0 radical (unpaired) electrons. The highest BCUT2D eigenvalue weighted by Crippen LogP contribution is 2.49. The second-order valence-electron chi connectivity index (χ2n) is 7.29. The molecule has 0 aliphatic rings. The number of hydrogen-bond acceptors (Lipinski definition) is 8. The van der Waals surface area contributed by atoms with Crippen LogP contribution in [0.3, 0.4) is 0 Å². The molecule has 0 saturated carbocycles. The van der Waals surface area contributed by atoms with Crippen molar-refractivity contribution in [3.05, 3.63) is 35.4 Å². The van der Waals surface area contributed by atoms with Gasteiger partial charge in [-0.3, -0.25) is 9.59 Å². The van der Waals surface area contributed by atoms with Crippen molar-refractivity contribution in [1.82, 2.24) is 0 Å². The van der Waals surface area contributed by atoms with E-state index in [-0.39, 0.29) is 42.3 Å². The number of rotatable bonds is 13. The Morgan fingerprint density at radius 2 is 1.03 bits per heavy atom. The molecule has 186 valence electrons. The minimum absolute atomic E-state index is 0.0497. The molecule has 2 rings (SSSR count). The Balaban J connectivity index is 2.94. The summed E-state index contributed by atoms with van der Waals surface area (Å²) in [6.07, 6.45) is -0.190. The van der Waals surface area contributed by atoms with E-state index in [1.54, 1.807) is 24.3 Å². The third kappa shape index (κ3) is 4.90. The maximum atomic E-state index is 13.0. The number of carbonyl (C=O) groups is 2. The van der Waals surface area contributed by atoms with Crippen LogP contribution in [0.2, 0.25) is 0 Å². The molecule has 10 nitrogen and oxygen atoms in total. The summed E-state index contributed by atoms with van der Waals surface area (Å²) in [4.78, 5) is 24.3. The molecule has 34 heavy (non-hydrogen) atoms. The van der Waals surface area contributed by atoms with Gasteiger partial charge in [-0.1, -0.05) is 0 Å². The highest BCUT2D eigenvalue weighted by atomic mass is 16.5. The monoisotopic (exact) mass is 478 g/mol. The van der Waals surface area contributed by atoms with E-state index < -0.39 is 17.4 Å². The topological polar surface area (TPSA) is 130 Å². The molecule has 0 bridgehead atoms. The molecule has 0 aliphatic heterocycles. The summed E-state index contributed by atoms with van der Waals surface area (Å²) in [5.41, 5.74) is -1.11. The van der Waals surface area contributed by atoms with Crippen LogP contribution >= 0.6 is 0 Å². The van der Waals surface area contributed by atoms with Crippen molar-refractivity contribution in [3.63, 3.8) is 0 Å². The average molecular weight is 478 g/mol. The molecular weight excluding hydrogens is 448 g/mol. The second-order valence-corrected chi connectivity index (χ2v) is 7.29. The summed E-state index contributed by atoms with van der Waals surface area (Å²) < 4.78 is 32.5. The number of ether oxygens (including phenoxy) is 6. The van der Waals surface area contributed by atoms with E-state index in [1.165, 1.54) is 42.7 Å². The van der Waals surface area contributed by atoms with Gasteiger partial charge < -0.3 is 38.6 Å². The van der Waals surface area contributed by atoms with Gasteiger partial charge in [0.15, 0.2) is 23.0 Å². The first kappa shape index (κ1) is 26.4. The third-order valence-corrected chi connectivity index (χ3v) is 5.62. The van der Waals surface area contributed by atoms with Gasteiger partial charge in [-0.2, -0.15) is 0 Å². The lowest BCUT2D eigenvalue weighted by Gasteiger charge is -2.32. The zero-order chi connectivity index (χ0) is 25.5. The third-order valence-electron chi connectivity index (χ3n) is 5.62. The van der Waals surface area contributed by atoms with Crippen LogP contribution < -0.4 is 28.4 Å². The van der Waals surface area contributed by atoms with Crippen molar-refractivity contribution in [2.24, 2.45) is 0 Å². The number of carboxylic acid groups (broad SMARTS) is 2. The Morgan fingerprint density at radius 3 is 1.26 bits per heavy atom. The Bertz CT molecular complexity index is 917. The lowest BCUT2D eigenvalue weighted by molar-refractivity contribution is -0.143. The number of methoxy groups -OCH3 is 6. The molecule has 2 aromatic rings. The maximum Gasteiger partial charge on any atom is 0.318 e. The normalized spacial score (nSPS) is 10.9. The van der Waals surface area contributed by atoms with Crippen molar-refractivity contribution >= 4 is 11.9 Å². The quantitative estimate of drug-likeness (QED) is 0.442. The lowest BCUT2D eigenvalue weighted by Crippen LogP contribution is -2.37. The second kappa shape index (κ2) is 11.4. The highest BCUT2D eigenvalue weighted by molar-refractivity contribution is 5.87. The summed E-state index contributed by atoms with van der Waals surface area (Å²) in [5, 5.41) is 19.8. The van der Waals surface area contributed by atoms with Crippen molar-refractivity contribution in [1.29, 1.82) is 0 Å². The van der Waals surface area contributed by atoms with Crippen LogP contribution in [0.1, 0.15) is 30.4 Å². The minimum atomic E-state index is -1.71. The fourth-order valence-corrected chi connectivity index (χ4v) is 3.97. The Labute approximate surface area is 197 Å². The van der Waals surface area contributed by atoms with Crippen molar-refractivity contribution in [2.45, 2.75) is 24.7 Å². The van der Waals surface area contributed by atoms with Crippen LogP contribution in [0.5, 0.6) is 34.5 Å². The van der Waals surface area contributed by atoms with Crippen molar-refractivity contribution < 1.29 is 48.2 Å². The van der Waals surface area contributed by atoms with E-state index in [2.05, 4.69) is 0 Å². The van der Waals surface area contributed by atoms with Gasteiger partial charge in [0.25, 0.3) is 0 Å². The highest BCUT2D eigenvalue weighted by Gasteiger charge is 2.44. The van der Waals surface area contributed by atoms with Crippen LogP contribution in [0.25, 0.3) is 0 Å². The molecule has 0 amide bonds. The molecule has 0 aromatic heterocycles. The van der Waals surface area contributed by atoms with E-state index in [1.807, 2.05) is 0 Å². The average Bonchev–Trinajstić information content (AvgIpc) is 2.84. The molecule has 0 atom stereocenters. The van der Waals surface area contributed by atoms with E-state index in [0.717, 1.165) is 0 Å². The first-order chi connectivity index (χ1) is 16.2. The summed E-state index contributed by atoms with van der Waals surface area (Å²) >= 11 is 0. The van der Waals surface area contributed by atoms with Gasteiger partial charge in [0.05, 0.1) is 42.7 Å². The largest absolute Gasteiger partial charge is 0.493 e. The van der Waals surface area contributed by atoms with E-state index in [4.69, 9.17) is 28.4 Å². The van der Waals surface area contributed by atoms with Crippen LogP contribution in [0.15, 0.2) is 24.3 Å². The van der Waals surface area contributed by atoms with Gasteiger partial charge in [0.2, 0.25) is 11.5 Å². The zero-order valence-corrected chi connectivity index (χ0v) is 20.1. The Morgan fingerprint density at radius 1 is 0.676 bits per heavy atom. The maximum absolute atomic E-state index is 13.0. The molecule has 2 N–H and O–H groups in total. The SMILES string of the molecule is COc1cc(C(CCCC(=O)O)(C(=O)O)c2cc(OC)c(OC)c(OC)c2)cc(OC)c1OC. The fourth-order valence-electron chi connectivity index (χ4n) is 3.97. The number of benzene rings is 2. The van der Waals surface area contributed by atoms with Crippen LogP contribution in [-0.4, -0.2) is 64.8 Å². The first-order valence-electron chi connectivity index (χ1n) is 10.3. The summed E-state index contributed by atoms with van der Waals surface area (Å²) in [7, 11) is 8.58. The van der Waals surface area contributed by atoms with Gasteiger partial charge in [0, 0.05) is 6.42 Å². The lowest BCUT2D eigenvalue weighted by atomic mass is 9.70. The molecule has 10 heteroatoms. The first-order valence-corrected chi connectivity index (χ1v) is 10.3. The van der Waals surface area contributed by atoms with Gasteiger partial charge in [-0.15, -0.1) is 0 Å². The Hall–Kier alpha value is -3.82. The van der Waals surface area contributed by atoms with E-state index >= 15 is 0 Å². The van der Waals surface area contributed by atoms with Crippen LogP contribution in [0, 0.1) is 0 Å². The summed E-state index contributed by atoms with van der Waals surface area (Å²) in [6.45, 7) is 0. The van der Waals surface area contributed by atoms with E-state index in [9.17, 15) is 19.8 Å². The summed E-state index contributed by atoms with van der Waals surface area (Å²) in [5.74, 6) is -0.620. The van der Waals surface area contributed by atoms with Crippen LogP contribution in [-0.2, 0) is 15.0 Å². The van der Waals surface area contributed by atoms with E-state index in [0.29, 0.717) is 22.6 Å². The standard InChI is InChI=1S/C24H30O10/c1-29-16-10-14(11-17(30-2)21(16)33-5)24(23(27)28,9-7-8-20(25)26)15-12-18(31-3)22(34-6)19(13-15)32-4/h10-13H,7-9H2,1-6H3,(H,25,26)(H,27,28). The molecule has 0 fully saturated rings. The number of carboxylic acids is 2. The van der Waals surface area contributed by atoms with Gasteiger partial charge in [0.1, 0.15) is 5.41 Å². The predicted octanol–water partition coefficient (Wildman–Crippen LogP) is 3.36. The molecule has 0 spiro atoms. The zero-order valence-electron chi connectivity index (χ0n) is 20.1.